The van der Waals surface area contributed by atoms with Crippen LogP contribution in [0.1, 0.15) is 18.4 Å². The number of halogens is 3. The normalized spacial score (nSPS) is 14.8. The molecule has 22 heavy (non-hydrogen) atoms. The number of benzene rings is 1. The van der Waals surface area contributed by atoms with Crippen molar-refractivity contribution < 1.29 is 18.3 Å². The van der Waals surface area contributed by atoms with E-state index in [-0.39, 0.29) is 18.9 Å². The van der Waals surface area contributed by atoms with Crippen molar-refractivity contribution >= 4 is 27.5 Å². The average Bonchev–Trinajstić information content (AvgIpc) is 2.47. The van der Waals surface area contributed by atoms with Crippen molar-refractivity contribution in [3.63, 3.8) is 0 Å². The van der Waals surface area contributed by atoms with Crippen LogP contribution in [0.15, 0.2) is 28.7 Å². The van der Waals surface area contributed by atoms with Crippen LogP contribution in [0.5, 0.6) is 5.75 Å². The first-order valence-corrected chi connectivity index (χ1v) is 7.47. The molecular weight excluding hydrogens is 356 g/mol. The Hall–Kier alpha value is -1.87. The Morgan fingerprint density at radius 3 is 2.86 bits per heavy atom. The third-order valence-corrected chi connectivity index (χ3v) is 3.80. The van der Waals surface area contributed by atoms with Crippen LogP contribution in [0.2, 0.25) is 0 Å². The molecule has 6 heteroatoms. The molecule has 0 unspecified atom stereocenters. The predicted molar refractivity (Wildman–Crippen MR) is 83.4 cm³/mol. The minimum atomic E-state index is -2.58. The molecule has 0 spiro atoms. The van der Waals surface area contributed by atoms with Gasteiger partial charge in [0.25, 0.3) is 6.43 Å². The second kappa shape index (κ2) is 7.41. The lowest BCUT2D eigenvalue weighted by atomic mass is 10.0. The molecule has 0 fully saturated rings. The number of nitrogens with zero attached hydrogens (tertiary/aromatic N) is 1. The van der Waals surface area contributed by atoms with E-state index in [0.717, 1.165) is 4.90 Å². The van der Waals surface area contributed by atoms with Crippen molar-refractivity contribution in [2.24, 2.45) is 0 Å². The predicted octanol–water partition coefficient (Wildman–Crippen LogP) is 3.69. The first kappa shape index (κ1) is 16.5. The summed E-state index contributed by atoms with van der Waals surface area (Å²) in [6.07, 6.45) is 5.13. The molecule has 0 radical (unpaired) electrons. The lowest BCUT2D eigenvalue weighted by Gasteiger charge is -2.29. The zero-order chi connectivity index (χ0) is 16.1. The quantitative estimate of drug-likeness (QED) is 0.740. The number of ether oxygens (including phenoxy) is 1. The van der Waals surface area contributed by atoms with E-state index in [1.165, 1.54) is 0 Å². The third-order valence-electron chi connectivity index (χ3n) is 3.15. The smallest absolute Gasteiger partial charge is 0.256 e. The molecule has 1 heterocycles. The van der Waals surface area contributed by atoms with Crippen LogP contribution in [0, 0.1) is 12.3 Å². The lowest BCUT2D eigenvalue weighted by molar-refractivity contribution is -0.129. The summed E-state index contributed by atoms with van der Waals surface area (Å²) in [5.41, 5.74) is 1.16. The number of hydrogen-bond acceptors (Lipinski definition) is 2. The van der Waals surface area contributed by atoms with Crippen molar-refractivity contribution in [1.29, 1.82) is 0 Å². The molecule has 1 amide bonds. The molecule has 0 saturated carbocycles. The van der Waals surface area contributed by atoms with Crippen molar-refractivity contribution in [3.8, 4) is 18.1 Å². The maximum Gasteiger partial charge on any atom is 0.256 e. The fourth-order valence-electron chi connectivity index (χ4n) is 2.22. The fraction of sp³-hybridized carbons (Fsp3) is 0.312. The summed E-state index contributed by atoms with van der Waals surface area (Å²) in [5.74, 6) is 2.64. The van der Waals surface area contributed by atoms with E-state index in [1.807, 2.05) is 0 Å². The number of carbonyl (C=O) groups is 1. The molecule has 1 aliphatic heterocycles. The van der Waals surface area contributed by atoms with Gasteiger partial charge in [-0.3, -0.25) is 4.79 Å². The van der Waals surface area contributed by atoms with E-state index in [4.69, 9.17) is 11.2 Å². The minimum Gasteiger partial charge on any atom is -0.481 e. The highest BCUT2D eigenvalue weighted by molar-refractivity contribution is 9.10. The zero-order valence-electron chi connectivity index (χ0n) is 11.7. The molecule has 1 aliphatic rings. The maximum absolute atomic E-state index is 12.7. The van der Waals surface area contributed by atoms with Crippen LogP contribution in [0.4, 0.5) is 8.78 Å². The summed E-state index contributed by atoms with van der Waals surface area (Å²) < 4.78 is 31.4. The number of allylic oxidation sites excluding steroid dienone is 1. The largest absolute Gasteiger partial charge is 0.481 e. The van der Waals surface area contributed by atoms with Gasteiger partial charge in [0, 0.05) is 22.2 Å². The molecule has 0 aliphatic carbocycles. The maximum atomic E-state index is 12.7. The van der Waals surface area contributed by atoms with Crippen molar-refractivity contribution in [2.75, 3.05) is 13.2 Å². The van der Waals surface area contributed by atoms with E-state index in [2.05, 4.69) is 21.9 Å². The molecule has 0 bridgehead atoms. The van der Waals surface area contributed by atoms with Crippen molar-refractivity contribution in [1.82, 2.24) is 4.90 Å². The van der Waals surface area contributed by atoms with Crippen LogP contribution in [-0.2, 0) is 4.79 Å². The Morgan fingerprint density at radius 1 is 1.45 bits per heavy atom. The van der Waals surface area contributed by atoms with Crippen molar-refractivity contribution in [3.05, 3.63) is 34.3 Å². The van der Waals surface area contributed by atoms with Gasteiger partial charge in [-0.05, 0) is 40.5 Å². The van der Waals surface area contributed by atoms with Crippen LogP contribution in [0.25, 0.3) is 5.70 Å². The van der Waals surface area contributed by atoms with Gasteiger partial charge in [-0.25, -0.2) is 8.78 Å². The second-order valence-electron chi connectivity index (χ2n) is 4.66. The zero-order valence-corrected chi connectivity index (χ0v) is 13.3. The SMILES string of the molecule is C#CCOc1ccc(C2=CCCC(=O)N2CC(F)F)c(Br)c1. The Kier molecular flexibility index (Phi) is 5.56. The molecule has 1 aromatic rings. The number of hydrogen-bond donors (Lipinski definition) is 0. The number of terminal acetylenes is 1. The van der Waals surface area contributed by atoms with Crippen LogP contribution < -0.4 is 4.74 Å². The highest BCUT2D eigenvalue weighted by atomic mass is 79.9. The number of rotatable bonds is 5. The number of alkyl halides is 2. The van der Waals surface area contributed by atoms with Gasteiger partial charge in [-0.1, -0.05) is 12.0 Å². The molecule has 0 atom stereocenters. The van der Waals surface area contributed by atoms with Crippen LogP contribution in [0.3, 0.4) is 0 Å². The lowest BCUT2D eigenvalue weighted by Crippen LogP contribution is -2.35. The molecule has 0 N–H and O–H groups in total. The Balaban J connectivity index is 2.30. The van der Waals surface area contributed by atoms with E-state index >= 15 is 0 Å². The summed E-state index contributed by atoms with van der Waals surface area (Å²) in [6, 6.07) is 5.11. The molecule has 3 nitrogen and oxygen atoms in total. The highest BCUT2D eigenvalue weighted by Crippen LogP contribution is 2.33. The monoisotopic (exact) mass is 369 g/mol. The van der Waals surface area contributed by atoms with Crippen molar-refractivity contribution in [2.45, 2.75) is 19.3 Å². The summed E-state index contributed by atoms with van der Waals surface area (Å²) in [4.78, 5) is 13.1. The Bertz CT molecular complexity index is 638. The number of amides is 1. The van der Waals surface area contributed by atoms with Crippen LogP contribution in [-0.4, -0.2) is 30.4 Å². The first-order chi connectivity index (χ1) is 10.5. The van der Waals surface area contributed by atoms with Gasteiger partial charge in [0.2, 0.25) is 5.91 Å². The van der Waals surface area contributed by atoms with Gasteiger partial charge >= 0.3 is 0 Å². The third kappa shape index (κ3) is 3.86. The van der Waals surface area contributed by atoms with E-state index < -0.39 is 13.0 Å². The Labute approximate surface area is 136 Å². The molecule has 0 saturated heterocycles. The van der Waals surface area contributed by atoms with Crippen LogP contribution >= 0.6 is 15.9 Å². The summed E-state index contributed by atoms with van der Waals surface area (Å²) in [7, 11) is 0. The molecule has 2 rings (SSSR count). The molecule has 1 aromatic carbocycles. The first-order valence-electron chi connectivity index (χ1n) is 6.67. The van der Waals surface area contributed by atoms with E-state index in [1.54, 1.807) is 24.3 Å². The fourth-order valence-corrected chi connectivity index (χ4v) is 2.78. The standard InChI is InChI=1S/C16H14BrF2NO2/c1-2-8-22-11-6-7-12(13(17)9-11)14-4-3-5-16(21)20(14)10-15(18)19/h1,4,6-7,9,15H,3,5,8,10H2. The summed E-state index contributed by atoms with van der Waals surface area (Å²) >= 11 is 3.39. The molecule has 116 valence electrons. The molecule has 0 aromatic heterocycles. The van der Waals surface area contributed by atoms with Gasteiger partial charge in [0.05, 0.1) is 6.54 Å². The molecular formula is C16H14BrF2NO2. The van der Waals surface area contributed by atoms with Gasteiger partial charge in [0.15, 0.2) is 0 Å². The van der Waals surface area contributed by atoms with E-state index in [0.29, 0.717) is 27.9 Å². The average molecular weight is 370 g/mol. The number of carbonyl (C=O) groups excluding carboxylic acids is 1. The second-order valence-corrected chi connectivity index (χ2v) is 5.51. The Morgan fingerprint density at radius 2 is 2.23 bits per heavy atom. The van der Waals surface area contributed by atoms with Gasteiger partial charge in [-0.15, -0.1) is 6.42 Å². The van der Waals surface area contributed by atoms with Gasteiger partial charge in [-0.2, -0.15) is 0 Å². The van der Waals surface area contributed by atoms with Gasteiger partial charge < -0.3 is 9.64 Å². The van der Waals surface area contributed by atoms with E-state index in [9.17, 15) is 13.6 Å². The van der Waals surface area contributed by atoms with Gasteiger partial charge in [0.1, 0.15) is 12.4 Å². The topological polar surface area (TPSA) is 29.5 Å². The minimum absolute atomic E-state index is 0.143. The highest BCUT2D eigenvalue weighted by Gasteiger charge is 2.26. The summed E-state index contributed by atoms with van der Waals surface area (Å²) in [5, 5.41) is 0. The summed E-state index contributed by atoms with van der Waals surface area (Å²) in [6.45, 7) is -0.461.